The maximum Gasteiger partial charge on any atom is 0.362 e. The number of nitrogens with one attached hydrogen (secondary N) is 1. The number of nitrogen functional groups attached to an aromatic ring is 1. The Labute approximate surface area is 247 Å². The second-order valence-electron chi connectivity index (χ2n) is 9.53. The molecule has 7 N–H and O–H groups in total. The zero-order valence-electron chi connectivity index (χ0n) is 22.2. The summed E-state index contributed by atoms with van der Waals surface area (Å²) in [6.07, 6.45) is -3.22. The van der Waals surface area contributed by atoms with Crippen molar-refractivity contribution in [1.82, 2.24) is 39.2 Å². The molecule has 0 saturated carbocycles. The van der Waals surface area contributed by atoms with E-state index in [-0.39, 0.29) is 34.2 Å². The number of imidazole rings is 1. The molecule has 4 heterocycles. The van der Waals surface area contributed by atoms with Gasteiger partial charge in [-0.05, 0) is 24.3 Å². The first-order valence-corrected chi connectivity index (χ1v) is 14.2. The fourth-order valence-electron chi connectivity index (χ4n) is 4.51. The van der Waals surface area contributed by atoms with Crippen molar-refractivity contribution in [2.75, 3.05) is 12.3 Å². The topological polar surface area (TPSA) is 263 Å². The van der Waals surface area contributed by atoms with Gasteiger partial charge in [-0.15, -0.1) is 5.10 Å². The Balaban J connectivity index is 1.20. The van der Waals surface area contributed by atoms with Crippen molar-refractivity contribution in [2.24, 2.45) is 0 Å². The van der Waals surface area contributed by atoms with Gasteiger partial charge in [-0.1, -0.05) is 29.5 Å². The molecule has 228 valence electrons. The van der Waals surface area contributed by atoms with E-state index in [2.05, 4.69) is 25.3 Å². The lowest BCUT2D eigenvalue weighted by Crippen LogP contribution is -2.37. The van der Waals surface area contributed by atoms with Gasteiger partial charge in [-0.25, -0.2) is 9.71 Å². The summed E-state index contributed by atoms with van der Waals surface area (Å²) in [6.45, 7) is -0.790. The lowest BCUT2D eigenvalue weighted by molar-refractivity contribution is -0.0468. The highest BCUT2D eigenvalue weighted by atomic mass is 32.2. The number of aliphatic hydroxyl groups is 2. The zero-order valence-corrected chi connectivity index (χ0v) is 23.1. The molecule has 0 spiro atoms. The van der Waals surface area contributed by atoms with Gasteiger partial charge in [0.15, 0.2) is 17.7 Å². The Kier molecular flexibility index (Phi) is 7.31. The van der Waals surface area contributed by atoms with Crippen LogP contribution in [0.5, 0.6) is 11.5 Å². The van der Waals surface area contributed by atoms with Crippen LogP contribution in [0.2, 0.25) is 0 Å². The van der Waals surface area contributed by atoms with Crippen molar-refractivity contribution in [3.63, 3.8) is 0 Å². The van der Waals surface area contributed by atoms with E-state index in [1.54, 1.807) is 22.9 Å². The maximum atomic E-state index is 12.4. The number of aromatic hydroxyl groups is 2. The maximum absolute atomic E-state index is 12.4. The third kappa shape index (κ3) is 5.36. The number of carbonyl (C=O) groups excluding carboxylic acids is 1. The van der Waals surface area contributed by atoms with Crippen molar-refractivity contribution >= 4 is 33.2 Å². The first kappa shape index (κ1) is 28.9. The minimum atomic E-state index is -4.71. The molecule has 1 aliphatic rings. The van der Waals surface area contributed by atoms with E-state index in [0.29, 0.717) is 11.3 Å². The van der Waals surface area contributed by atoms with Gasteiger partial charge in [-0.3, -0.25) is 13.5 Å². The van der Waals surface area contributed by atoms with Crippen LogP contribution in [-0.2, 0) is 19.2 Å². The van der Waals surface area contributed by atoms with E-state index in [1.165, 1.54) is 52.1 Å². The van der Waals surface area contributed by atoms with E-state index in [0.717, 1.165) is 0 Å². The molecule has 1 aliphatic heterocycles. The first-order chi connectivity index (χ1) is 21.0. The molecule has 3 aromatic heterocycles. The monoisotopic (exact) mass is 625 g/mol. The van der Waals surface area contributed by atoms with Gasteiger partial charge in [0, 0.05) is 5.56 Å². The smallest absolute Gasteiger partial charge is 0.362 e. The third-order valence-corrected chi connectivity index (χ3v) is 7.56. The lowest BCUT2D eigenvalue weighted by Gasteiger charge is -2.16. The van der Waals surface area contributed by atoms with Crippen LogP contribution in [0.1, 0.15) is 16.6 Å². The average Bonchev–Trinajstić information content (AvgIpc) is 3.71. The molecule has 0 bridgehead atoms. The van der Waals surface area contributed by atoms with E-state index in [1.807, 2.05) is 0 Å². The van der Waals surface area contributed by atoms with Crippen LogP contribution in [0.15, 0.2) is 61.1 Å². The molecular weight excluding hydrogens is 602 g/mol. The Morgan fingerprint density at radius 1 is 1.05 bits per heavy atom. The quantitative estimate of drug-likeness (QED) is 0.125. The van der Waals surface area contributed by atoms with Gasteiger partial charge in [0.1, 0.15) is 41.0 Å². The van der Waals surface area contributed by atoms with Gasteiger partial charge in [0.05, 0.1) is 24.7 Å². The van der Waals surface area contributed by atoms with Crippen LogP contribution in [0, 0.1) is 0 Å². The summed E-state index contributed by atoms with van der Waals surface area (Å²) in [6, 6.07) is 11.8. The highest BCUT2D eigenvalue weighted by Crippen LogP contribution is 2.33. The summed E-state index contributed by atoms with van der Waals surface area (Å²) < 4.78 is 39.4. The Hall–Kier alpha value is -5.21. The Morgan fingerprint density at radius 2 is 1.77 bits per heavy atom. The third-order valence-electron chi connectivity index (χ3n) is 6.68. The number of para-hydroxylation sites is 2. The SMILES string of the molecule is Nc1nc(-n2cc(-c3ccccc3O)nn2)nc2c1ncn2[C@@H]1O[C@H](COS(=O)(=O)NC(=O)c2ccccc2O)[C@@H](O)[C@H]1O. The number of nitrogens with two attached hydrogens (primary N) is 1. The Morgan fingerprint density at radius 3 is 2.52 bits per heavy atom. The molecule has 0 radical (unpaired) electrons. The number of hydrogen-bond donors (Lipinski definition) is 6. The molecule has 0 aliphatic carbocycles. The molecule has 5 aromatic rings. The lowest BCUT2D eigenvalue weighted by atomic mass is 10.1. The number of rotatable bonds is 8. The molecule has 44 heavy (non-hydrogen) atoms. The highest BCUT2D eigenvalue weighted by Gasteiger charge is 2.45. The molecule has 1 saturated heterocycles. The summed E-state index contributed by atoms with van der Waals surface area (Å²) >= 11 is 0. The number of phenolic OH excluding ortho intramolecular Hbond substituents is 2. The van der Waals surface area contributed by atoms with Crippen molar-refractivity contribution < 1.29 is 42.6 Å². The van der Waals surface area contributed by atoms with Gasteiger partial charge >= 0.3 is 10.3 Å². The van der Waals surface area contributed by atoms with Crippen LogP contribution >= 0.6 is 0 Å². The van der Waals surface area contributed by atoms with Crippen LogP contribution < -0.4 is 10.5 Å². The summed E-state index contributed by atoms with van der Waals surface area (Å²) in [5.74, 6) is -1.69. The number of hydrogen-bond acceptors (Lipinski definition) is 15. The molecule has 18 nitrogen and oxygen atoms in total. The number of ether oxygens (including phenoxy) is 1. The number of phenols is 2. The van der Waals surface area contributed by atoms with Crippen molar-refractivity contribution in [3.8, 4) is 28.7 Å². The van der Waals surface area contributed by atoms with Crippen molar-refractivity contribution in [2.45, 2.75) is 24.5 Å². The highest BCUT2D eigenvalue weighted by molar-refractivity contribution is 7.85. The molecule has 6 rings (SSSR count). The number of fused-ring (bicyclic) bond motifs is 1. The molecule has 19 heteroatoms. The fraction of sp³-hybridized carbons (Fsp3) is 0.200. The normalized spacial score (nSPS) is 20.2. The minimum absolute atomic E-state index is 0.0105. The number of amides is 1. The largest absolute Gasteiger partial charge is 0.507 e. The van der Waals surface area contributed by atoms with Crippen molar-refractivity contribution in [3.05, 3.63) is 66.6 Å². The van der Waals surface area contributed by atoms with Crippen LogP contribution in [0.3, 0.4) is 0 Å². The number of nitrogens with zero attached hydrogens (tertiary/aromatic N) is 7. The van der Waals surface area contributed by atoms with Crippen LogP contribution in [0.25, 0.3) is 28.4 Å². The molecule has 1 fully saturated rings. The van der Waals surface area contributed by atoms with Gasteiger partial charge in [-0.2, -0.15) is 23.1 Å². The fourth-order valence-corrected chi connectivity index (χ4v) is 5.22. The summed E-state index contributed by atoms with van der Waals surface area (Å²) in [7, 11) is -4.71. The van der Waals surface area contributed by atoms with Gasteiger partial charge in [0.25, 0.3) is 11.9 Å². The number of anilines is 1. The number of benzene rings is 2. The van der Waals surface area contributed by atoms with Crippen molar-refractivity contribution in [1.29, 1.82) is 0 Å². The van der Waals surface area contributed by atoms with E-state index < -0.39 is 53.1 Å². The summed E-state index contributed by atoms with van der Waals surface area (Å²) in [4.78, 5) is 25.0. The second kappa shape index (κ2) is 11.1. The predicted octanol–water partition coefficient (Wildman–Crippen LogP) is -0.622. The summed E-state index contributed by atoms with van der Waals surface area (Å²) in [5.41, 5.74) is 6.75. The number of aromatic nitrogens is 7. The first-order valence-electron chi connectivity index (χ1n) is 12.7. The summed E-state index contributed by atoms with van der Waals surface area (Å²) in [5, 5.41) is 49.3. The van der Waals surface area contributed by atoms with Crippen LogP contribution in [0.4, 0.5) is 5.82 Å². The average molecular weight is 626 g/mol. The van der Waals surface area contributed by atoms with E-state index in [4.69, 9.17) is 14.7 Å². The standard InChI is InChI=1S/C25H23N9O9S/c26-21-18-22(29-25(28-21)34-9-14(30-32-34)12-5-1-3-7-15(12)35)33(11-27-18)24-20(38)19(37)17(43-24)10-42-44(40,41)31-23(39)13-6-2-4-8-16(13)36/h1-9,11,17,19-20,24,35-38H,10H2,(H,31,39)(H2,26,28,29)/t17-,19-,20-,24-/m1/s1. The van der Waals surface area contributed by atoms with E-state index in [9.17, 15) is 33.6 Å². The Bertz CT molecular complexity index is 1980. The number of aliphatic hydroxyl groups excluding tert-OH is 2. The second-order valence-corrected chi connectivity index (χ2v) is 10.9. The van der Waals surface area contributed by atoms with Crippen LogP contribution in [-0.4, -0.2) is 94.2 Å². The van der Waals surface area contributed by atoms with Gasteiger partial charge in [0.2, 0.25) is 0 Å². The predicted molar refractivity (Wildman–Crippen MR) is 148 cm³/mol. The number of carbonyl (C=O) groups is 1. The molecule has 2 aromatic carbocycles. The zero-order chi connectivity index (χ0) is 31.2. The van der Waals surface area contributed by atoms with E-state index >= 15 is 0 Å². The molecule has 4 atom stereocenters. The molecule has 0 unspecified atom stereocenters. The molecule has 1 amide bonds. The molecular formula is C25H23N9O9S. The minimum Gasteiger partial charge on any atom is -0.507 e. The van der Waals surface area contributed by atoms with Gasteiger partial charge < -0.3 is 30.9 Å².